The Hall–Kier alpha value is -4.52. The van der Waals surface area contributed by atoms with Crippen LogP contribution in [-0.4, -0.2) is 40.3 Å². The van der Waals surface area contributed by atoms with Crippen molar-refractivity contribution in [2.45, 2.75) is 13.8 Å². The number of carbonyl (C=O) groups excluding carboxylic acids is 3. The molecule has 7 nitrogen and oxygen atoms in total. The molecule has 35 heavy (non-hydrogen) atoms. The number of aromatic nitrogens is 2. The molecule has 5 aromatic rings. The zero-order valence-electron chi connectivity index (χ0n) is 19.3. The molecule has 0 saturated carbocycles. The Morgan fingerprint density at radius 2 is 1.43 bits per heavy atom. The van der Waals surface area contributed by atoms with E-state index in [-0.39, 0.29) is 30.0 Å². The van der Waals surface area contributed by atoms with Crippen molar-refractivity contribution in [3.8, 4) is 0 Å². The number of hydrogen-bond acceptors (Lipinski definition) is 6. The van der Waals surface area contributed by atoms with Crippen molar-refractivity contribution in [2.24, 2.45) is 0 Å². The van der Waals surface area contributed by atoms with Gasteiger partial charge in [0.2, 0.25) is 5.78 Å². The van der Waals surface area contributed by atoms with Crippen LogP contribution in [0, 0.1) is 0 Å². The number of pyridine rings is 2. The molecule has 3 heterocycles. The summed E-state index contributed by atoms with van der Waals surface area (Å²) in [6.45, 7) is 3.54. The first-order valence-electron chi connectivity index (χ1n) is 11.4. The molecule has 0 aliphatic rings. The van der Waals surface area contributed by atoms with E-state index in [2.05, 4.69) is 4.98 Å². The van der Waals surface area contributed by atoms with Gasteiger partial charge < -0.3 is 13.9 Å². The van der Waals surface area contributed by atoms with E-state index < -0.39 is 17.7 Å². The maximum atomic E-state index is 14.0. The predicted octanol–water partition coefficient (Wildman–Crippen LogP) is 5.23. The summed E-state index contributed by atoms with van der Waals surface area (Å²) < 4.78 is 12.3. The molecule has 0 radical (unpaired) electrons. The summed E-state index contributed by atoms with van der Waals surface area (Å²) in [5.74, 6) is -1.88. The molecule has 0 spiro atoms. The lowest BCUT2D eigenvalue weighted by molar-refractivity contribution is 0.0480. The van der Waals surface area contributed by atoms with Gasteiger partial charge in [-0.1, -0.05) is 54.6 Å². The van der Waals surface area contributed by atoms with Gasteiger partial charge in [-0.15, -0.1) is 0 Å². The Labute approximate surface area is 200 Å². The van der Waals surface area contributed by atoms with E-state index in [1.807, 2.05) is 30.3 Å². The zero-order valence-corrected chi connectivity index (χ0v) is 19.3. The topological polar surface area (TPSA) is 87.0 Å². The maximum absolute atomic E-state index is 14.0. The van der Waals surface area contributed by atoms with E-state index in [0.29, 0.717) is 22.1 Å². The number of ketones is 1. The Kier molecular flexibility index (Phi) is 5.74. The molecule has 0 aliphatic heterocycles. The lowest BCUT2D eigenvalue weighted by atomic mass is 10.0. The fraction of sp³-hybridized carbons (Fsp3) is 0.143. The summed E-state index contributed by atoms with van der Waals surface area (Å²) in [5, 5.41) is 1.65. The van der Waals surface area contributed by atoms with Gasteiger partial charge >= 0.3 is 11.9 Å². The molecule has 0 atom stereocenters. The van der Waals surface area contributed by atoms with Crippen molar-refractivity contribution in [1.82, 2.24) is 9.38 Å². The molecule has 0 bridgehead atoms. The van der Waals surface area contributed by atoms with Crippen LogP contribution in [0.15, 0.2) is 72.9 Å². The van der Waals surface area contributed by atoms with Crippen molar-refractivity contribution < 1.29 is 23.9 Å². The minimum Gasteiger partial charge on any atom is -0.462 e. The highest BCUT2D eigenvalue weighted by Gasteiger charge is 2.34. The lowest BCUT2D eigenvalue weighted by Gasteiger charge is -2.11. The monoisotopic (exact) mass is 466 g/mol. The fourth-order valence-electron chi connectivity index (χ4n) is 4.42. The number of rotatable bonds is 6. The number of fused-ring (bicyclic) bond motifs is 5. The van der Waals surface area contributed by atoms with Gasteiger partial charge in [0.05, 0.1) is 29.8 Å². The van der Waals surface area contributed by atoms with Gasteiger partial charge in [0, 0.05) is 22.5 Å². The third-order valence-corrected chi connectivity index (χ3v) is 5.84. The first kappa shape index (κ1) is 22.3. The fourth-order valence-corrected chi connectivity index (χ4v) is 4.42. The van der Waals surface area contributed by atoms with Crippen LogP contribution in [0.4, 0.5) is 0 Å². The highest BCUT2D eigenvalue weighted by Crippen LogP contribution is 2.34. The predicted molar refractivity (Wildman–Crippen MR) is 132 cm³/mol. The van der Waals surface area contributed by atoms with Crippen LogP contribution in [0.3, 0.4) is 0 Å². The van der Waals surface area contributed by atoms with Crippen LogP contribution in [0.2, 0.25) is 0 Å². The van der Waals surface area contributed by atoms with Gasteiger partial charge in [-0.05, 0) is 26.0 Å². The number of ether oxygens (including phenoxy) is 2. The Balaban J connectivity index is 2.02. The largest absolute Gasteiger partial charge is 0.462 e. The van der Waals surface area contributed by atoms with Gasteiger partial charge in [-0.2, -0.15) is 0 Å². The number of nitrogens with zero attached hydrogens (tertiary/aromatic N) is 2. The molecule has 0 unspecified atom stereocenters. The summed E-state index contributed by atoms with van der Waals surface area (Å²) in [4.78, 5) is 45.0. The summed E-state index contributed by atoms with van der Waals surface area (Å²) in [7, 11) is 0. The SMILES string of the molecule is CCOC(=O)c1c(C(=O)OCC)c2ccc3ccc4cccnc4c3n2c1C(=O)c1ccccc1. The second-order valence-electron chi connectivity index (χ2n) is 7.87. The molecule has 2 aromatic carbocycles. The van der Waals surface area contributed by atoms with Crippen LogP contribution in [-0.2, 0) is 9.47 Å². The standard InChI is InChI=1S/C28H22N2O5/c1-3-34-27(32)21-20-15-14-18-13-12-17-11-8-16-29-23(17)24(18)30(20)25(22(21)28(33)35-4-2)26(31)19-9-6-5-7-10-19/h5-16H,3-4H2,1-2H3. The van der Waals surface area contributed by atoms with Crippen molar-refractivity contribution in [3.63, 3.8) is 0 Å². The molecule has 7 heteroatoms. The van der Waals surface area contributed by atoms with Gasteiger partial charge in [0.25, 0.3) is 0 Å². The molecular weight excluding hydrogens is 444 g/mol. The van der Waals surface area contributed by atoms with E-state index in [4.69, 9.17) is 9.47 Å². The smallest absolute Gasteiger partial charge is 0.341 e. The molecule has 0 N–H and O–H groups in total. The quantitative estimate of drug-likeness (QED) is 0.194. The normalized spacial score (nSPS) is 11.1. The van der Waals surface area contributed by atoms with Gasteiger partial charge in [-0.25, -0.2) is 9.59 Å². The molecule has 0 amide bonds. The molecule has 5 rings (SSSR count). The van der Waals surface area contributed by atoms with E-state index >= 15 is 0 Å². The average molecular weight is 466 g/mol. The van der Waals surface area contributed by atoms with Crippen LogP contribution >= 0.6 is 0 Å². The van der Waals surface area contributed by atoms with Crippen LogP contribution in [0.1, 0.15) is 50.6 Å². The second kappa shape index (κ2) is 9.02. The van der Waals surface area contributed by atoms with Crippen molar-refractivity contribution in [2.75, 3.05) is 13.2 Å². The van der Waals surface area contributed by atoms with Gasteiger partial charge in [0.15, 0.2) is 0 Å². The van der Waals surface area contributed by atoms with E-state index in [1.54, 1.807) is 60.8 Å². The minimum atomic E-state index is -0.764. The van der Waals surface area contributed by atoms with E-state index in [0.717, 1.165) is 10.8 Å². The number of esters is 2. The van der Waals surface area contributed by atoms with Crippen molar-refractivity contribution >= 4 is 45.0 Å². The first-order valence-corrected chi connectivity index (χ1v) is 11.4. The van der Waals surface area contributed by atoms with Crippen LogP contribution in [0.25, 0.3) is 27.3 Å². The van der Waals surface area contributed by atoms with Gasteiger partial charge in [0.1, 0.15) is 16.8 Å². The van der Waals surface area contributed by atoms with Crippen molar-refractivity contribution in [3.05, 3.63) is 95.3 Å². The third kappa shape index (κ3) is 3.61. The highest BCUT2D eigenvalue weighted by molar-refractivity contribution is 6.21. The lowest BCUT2D eigenvalue weighted by Crippen LogP contribution is -2.17. The first-order chi connectivity index (χ1) is 17.1. The number of carbonyl (C=O) groups is 3. The molecule has 3 aromatic heterocycles. The number of benzene rings is 2. The molecule has 174 valence electrons. The summed E-state index contributed by atoms with van der Waals surface area (Å²) in [5.41, 5.74) is 1.92. The number of hydrogen-bond donors (Lipinski definition) is 0. The van der Waals surface area contributed by atoms with E-state index in [9.17, 15) is 14.4 Å². The Bertz CT molecular complexity index is 1620. The summed E-state index contributed by atoms with van der Waals surface area (Å²) in [6, 6.07) is 19.8. The summed E-state index contributed by atoms with van der Waals surface area (Å²) >= 11 is 0. The second-order valence-corrected chi connectivity index (χ2v) is 7.87. The molecular formula is C28H22N2O5. The van der Waals surface area contributed by atoms with Crippen LogP contribution in [0.5, 0.6) is 0 Å². The summed E-state index contributed by atoms with van der Waals surface area (Å²) in [6.07, 6.45) is 1.67. The minimum absolute atomic E-state index is 0.000541. The Morgan fingerprint density at radius 1 is 0.771 bits per heavy atom. The molecule has 0 aliphatic carbocycles. The van der Waals surface area contributed by atoms with E-state index in [1.165, 1.54) is 0 Å². The average Bonchev–Trinajstić information content (AvgIpc) is 3.24. The van der Waals surface area contributed by atoms with Crippen LogP contribution < -0.4 is 0 Å². The molecule has 0 fully saturated rings. The highest BCUT2D eigenvalue weighted by atomic mass is 16.5. The van der Waals surface area contributed by atoms with Crippen molar-refractivity contribution in [1.29, 1.82) is 0 Å². The van der Waals surface area contributed by atoms with Gasteiger partial charge in [-0.3, -0.25) is 9.78 Å². The third-order valence-electron chi connectivity index (χ3n) is 5.84. The Morgan fingerprint density at radius 3 is 2.14 bits per heavy atom. The zero-order chi connectivity index (χ0) is 24.5. The maximum Gasteiger partial charge on any atom is 0.341 e. The molecule has 0 saturated heterocycles.